The van der Waals surface area contributed by atoms with E-state index in [1.54, 1.807) is 0 Å². The van der Waals surface area contributed by atoms with Crippen LogP contribution in [0.2, 0.25) is 0 Å². The Morgan fingerprint density at radius 1 is 1.08 bits per heavy atom. The van der Waals surface area contributed by atoms with Gasteiger partial charge >= 0.3 is 0 Å². The Morgan fingerprint density at radius 3 is 2.56 bits per heavy atom. The van der Waals surface area contributed by atoms with Crippen LogP contribution in [0.25, 0.3) is 0 Å². The highest BCUT2D eigenvalue weighted by molar-refractivity contribution is 5.38. The number of hydrogen-bond donors (Lipinski definition) is 2. The van der Waals surface area contributed by atoms with Crippen LogP contribution < -0.4 is 10.5 Å². The highest BCUT2D eigenvalue weighted by Crippen LogP contribution is 2.29. The molecule has 130 valence electrons. The smallest absolute Gasteiger partial charge is 0.127 e. The Balaban J connectivity index is 1.90. The van der Waals surface area contributed by atoms with E-state index in [0.717, 1.165) is 28.5 Å². The molecule has 5 heteroatoms. The number of rotatable bonds is 7. The Bertz CT molecular complexity index is 815. The van der Waals surface area contributed by atoms with Crippen molar-refractivity contribution in [2.45, 2.75) is 19.4 Å². The van der Waals surface area contributed by atoms with Gasteiger partial charge in [-0.2, -0.15) is 5.10 Å². The molecule has 25 heavy (non-hydrogen) atoms. The van der Waals surface area contributed by atoms with Crippen LogP contribution >= 0.6 is 0 Å². The molecule has 0 saturated carbocycles. The summed E-state index contributed by atoms with van der Waals surface area (Å²) < 4.78 is 7.76. The third-order valence-corrected chi connectivity index (χ3v) is 4.08. The number of ether oxygens (including phenoxy) is 1. The highest BCUT2D eigenvalue weighted by Gasteiger charge is 2.19. The fourth-order valence-electron chi connectivity index (χ4n) is 2.97. The van der Waals surface area contributed by atoms with E-state index in [4.69, 9.17) is 10.5 Å². The summed E-state index contributed by atoms with van der Waals surface area (Å²) in [7, 11) is 0. The van der Waals surface area contributed by atoms with Crippen LogP contribution in [-0.4, -0.2) is 28.0 Å². The second-order valence-electron chi connectivity index (χ2n) is 5.93. The van der Waals surface area contributed by atoms with E-state index in [1.165, 1.54) is 0 Å². The van der Waals surface area contributed by atoms with Crippen LogP contribution in [0.15, 0.2) is 60.7 Å². The van der Waals surface area contributed by atoms with Gasteiger partial charge < -0.3 is 15.6 Å². The minimum atomic E-state index is -0.00734. The van der Waals surface area contributed by atoms with Crippen LogP contribution in [0.4, 0.5) is 0 Å². The lowest BCUT2D eigenvalue weighted by Crippen LogP contribution is -2.19. The van der Waals surface area contributed by atoms with Crippen LogP contribution in [-0.2, 0) is 6.54 Å². The molecule has 5 nitrogen and oxygen atoms in total. The topological polar surface area (TPSA) is 73.3 Å². The minimum absolute atomic E-state index is 0.00734. The first kappa shape index (κ1) is 17.2. The summed E-state index contributed by atoms with van der Waals surface area (Å²) in [6.45, 7) is 2.90. The maximum Gasteiger partial charge on any atom is 0.127 e. The van der Waals surface area contributed by atoms with E-state index >= 15 is 0 Å². The predicted octanol–water partition coefficient (Wildman–Crippen LogP) is 3.07. The second kappa shape index (κ2) is 7.96. The number of benzene rings is 2. The van der Waals surface area contributed by atoms with Crippen molar-refractivity contribution in [2.24, 2.45) is 5.73 Å². The summed E-state index contributed by atoms with van der Waals surface area (Å²) in [5.74, 6) is 1.56. The fourth-order valence-corrected chi connectivity index (χ4v) is 2.97. The third kappa shape index (κ3) is 4.07. The van der Waals surface area contributed by atoms with E-state index in [0.29, 0.717) is 13.1 Å². The number of para-hydroxylation sites is 1. The van der Waals surface area contributed by atoms with Gasteiger partial charge in [0.15, 0.2) is 0 Å². The van der Waals surface area contributed by atoms with Gasteiger partial charge in [-0.05, 0) is 42.8 Å². The molecular weight excluding hydrogens is 314 g/mol. The van der Waals surface area contributed by atoms with E-state index in [2.05, 4.69) is 5.10 Å². The van der Waals surface area contributed by atoms with E-state index in [1.807, 2.05) is 72.3 Å². The summed E-state index contributed by atoms with van der Waals surface area (Å²) in [6.07, 6.45) is 0. The lowest BCUT2D eigenvalue weighted by molar-refractivity contribution is 0.266. The van der Waals surface area contributed by atoms with Crippen molar-refractivity contribution in [1.82, 2.24) is 9.78 Å². The summed E-state index contributed by atoms with van der Waals surface area (Å²) in [4.78, 5) is 0. The van der Waals surface area contributed by atoms with Crippen molar-refractivity contribution >= 4 is 0 Å². The second-order valence-corrected chi connectivity index (χ2v) is 5.93. The number of hydrogen-bond acceptors (Lipinski definition) is 4. The maximum absolute atomic E-state index is 9.27. The predicted molar refractivity (Wildman–Crippen MR) is 97.9 cm³/mol. The van der Waals surface area contributed by atoms with Crippen molar-refractivity contribution in [2.75, 3.05) is 13.2 Å². The largest absolute Gasteiger partial charge is 0.457 e. The Morgan fingerprint density at radius 2 is 1.84 bits per heavy atom. The van der Waals surface area contributed by atoms with Gasteiger partial charge in [0.05, 0.1) is 18.8 Å². The van der Waals surface area contributed by atoms with Crippen molar-refractivity contribution in [3.8, 4) is 11.5 Å². The quantitative estimate of drug-likeness (QED) is 0.695. The molecule has 3 rings (SSSR count). The van der Waals surface area contributed by atoms with Gasteiger partial charge in [-0.25, -0.2) is 0 Å². The zero-order valence-corrected chi connectivity index (χ0v) is 14.3. The van der Waals surface area contributed by atoms with Gasteiger partial charge in [-0.3, -0.25) is 4.68 Å². The first-order valence-corrected chi connectivity index (χ1v) is 8.39. The number of aryl methyl sites for hydroxylation is 1. The number of aliphatic hydroxyl groups is 1. The lowest BCUT2D eigenvalue weighted by Gasteiger charge is -2.18. The molecule has 1 unspecified atom stereocenters. The van der Waals surface area contributed by atoms with Gasteiger partial charge in [0.25, 0.3) is 0 Å². The van der Waals surface area contributed by atoms with Crippen LogP contribution in [0.1, 0.15) is 22.9 Å². The SMILES string of the molecule is Cc1cc(C(CN)c2cccc(Oc3ccccc3)c2)n(CCO)n1. The average molecular weight is 337 g/mol. The molecule has 3 aromatic rings. The molecule has 0 bridgehead atoms. The number of nitrogens with two attached hydrogens (primary N) is 1. The Labute approximate surface area is 147 Å². The van der Waals surface area contributed by atoms with Gasteiger partial charge in [0, 0.05) is 18.2 Å². The Kier molecular flexibility index (Phi) is 5.48. The number of aromatic nitrogens is 2. The molecule has 1 atom stereocenters. The summed E-state index contributed by atoms with van der Waals surface area (Å²) >= 11 is 0. The van der Waals surface area contributed by atoms with E-state index in [-0.39, 0.29) is 12.5 Å². The zero-order chi connectivity index (χ0) is 17.6. The molecule has 0 fully saturated rings. The molecule has 3 N–H and O–H groups in total. The fraction of sp³-hybridized carbons (Fsp3) is 0.250. The molecule has 0 aliphatic heterocycles. The van der Waals surface area contributed by atoms with Crippen LogP contribution in [0.3, 0.4) is 0 Å². The summed E-state index contributed by atoms with van der Waals surface area (Å²) in [5.41, 5.74) is 9.06. The van der Waals surface area contributed by atoms with Crippen molar-refractivity contribution in [1.29, 1.82) is 0 Å². The molecule has 2 aromatic carbocycles. The average Bonchev–Trinajstić information content (AvgIpc) is 2.97. The first-order chi connectivity index (χ1) is 12.2. The molecule has 1 aromatic heterocycles. The standard InChI is InChI=1S/C20H23N3O2/c1-15-12-20(23(22-15)10-11-24)19(14-21)16-6-5-9-18(13-16)25-17-7-3-2-4-8-17/h2-9,12-13,19,24H,10-11,14,21H2,1H3. The molecule has 1 heterocycles. The van der Waals surface area contributed by atoms with E-state index in [9.17, 15) is 5.11 Å². The van der Waals surface area contributed by atoms with Crippen LogP contribution in [0, 0.1) is 6.92 Å². The number of nitrogens with zero attached hydrogens (tertiary/aromatic N) is 2. The summed E-state index contributed by atoms with van der Waals surface area (Å²) in [5, 5.41) is 13.7. The molecule has 0 aliphatic rings. The highest BCUT2D eigenvalue weighted by atomic mass is 16.5. The normalized spacial score (nSPS) is 12.1. The van der Waals surface area contributed by atoms with Gasteiger partial charge in [-0.15, -0.1) is 0 Å². The van der Waals surface area contributed by atoms with Crippen LogP contribution in [0.5, 0.6) is 11.5 Å². The van der Waals surface area contributed by atoms with Crippen molar-refractivity contribution < 1.29 is 9.84 Å². The summed E-state index contributed by atoms with van der Waals surface area (Å²) in [6, 6.07) is 19.7. The molecule has 0 radical (unpaired) electrons. The molecule has 0 aliphatic carbocycles. The molecule has 0 saturated heterocycles. The van der Waals surface area contributed by atoms with Gasteiger partial charge in [0.1, 0.15) is 11.5 Å². The van der Waals surface area contributed by atoms with Gasteiger partial charge in [-0.1, -0.05) is 30.3 Å². The zero-order valence-electron chi connectivity index (χ0n) is 14.3. The minimum Gasteiger partial charge on any atom is -0.457 e. The first-order valence-electron chi connectivity index (χ1n) is 8.39. The maximum atomic E-state index is 9.27. The van der Waals surface area contributed by atoms with Crippen molar-refractivity contribution in [3.05, 3.63) is 77.6 Å². The number of aliphatic hydroxyl groups excluding tert-OH is 1. The van der Waals surface area contributed by atoms with Gasteiger partial charge in [0.2, 0.25) is 0 Å². The van der Waals surface area contributed by atoms with Crippen molar-refractivity contribution in [3.63, 3.8) is 0 Å². The molecule has 0 spiro atoms. The Hall–Kier alpha value is -2.63. The third-order valence-electron chi connectivity index (χ3n) is 4.08. The molecular formula is C20H23N3O2. The lowest BCUT2D eigenvalue weighted by atomic mass is 9.95. The van der Waals surface area contributed by atoms with E-state index < -0.39 is 0 Å². The molecule has 0 amide bonds. The monoisotopic (exact) mass is 337 g/mol.